The van der Waals surface area contributed by atoms with E-state index in [0.29, 0.717) is 49.1 Å². The highest BCUT2D eigenvalue weighted by molar-refractivity contribution is 7.99. The van der Waals surface area contributed by atoms with E-state index in [2.05, 4.69) is 22.1 Å². The summed E-state index contributed by atoms with van der Waals surface area (Å²) in [7, 11) is 0. The number of halogens is 4. The second-order valence-electron chi connectivity index (χ2n) is 6.10. The van der Waals surface area contributed by atoms with Crippen LogP contribution in [-0.2, 0) is 17.9 Å². The Kier molecular flexibility index (Phi) is 8.51. The number of allylic oxidation sites excluding steroid dienone is 1. The number of ether oxygens (including phenoxy) is 1. The summed E-state index contributed by atoms with van der Waals surface area (Å²) in [5.74, 6) is 0.787. The van der Waals surface area contributed by atoms with Crippen LogP contribution in [0.2, 0.25) is 20.1 Å². The van der Waals surface area contributed by atoms with Crippen LogP contribution in [-0.4, -0.2) is 26.4 Å². The minimum absolute atomic E-state index is 0.0812. The van der Waals surface area contributed by atoms with Gasteiger partial charge in [-0.3, -0.25) is 9.36 Å². The van der Waals surface area contributed by atoms with Crippen molar-refractivity contribution in [3.8, 4) is 5.75 Å². The summed E-state index contributed by atoms with van der Waals surface area (Å²) in [6.45, 7) is 4.31. The van der Waals surface area contributed by atoms with Crippen molar-refractivity contribution in [3.63, 3.8) is 0 Å². The molecule has 2 aromatic carbocycles. The quantitative estimate of drug-likeness (QED) is 0.263. The monoisotopic (exact) mass is 516 g/mol. The first kappa shape index (κ1) is 23.8. The Morgan fingerprint density at radius 2 is 1.87 bits per heavy atom. The fourth-order valence-corrected chi connectivity index (χ4v) is 4.09. The number of benzene rings is 2. The van der Waals surface area contributed by atoms with Crippen LogP contribution in [0, 0.1) is 0 Å². The van der Waals surface area contributed by atoms with Gasteiger partial charge in [0.05, 0.1) is 26.5 Å². The minimum Gasteiger partial charge on any atom is -0.484 e. The zero-order valence-electron chi connectivity index (χ0n) is 15.9. The Morgan fingerprint density at radius 3 is 2.58 bits per heavy atom. The third kappa shape index (κ3) is 6.30. The van der Waals surface area contributed by atoms with Crippen molar-refractivity contribution in [2.45, 2.75) is 18.3 Å². The maximum Gasteiger partial charge on any atom is 0.234 e. The largest absolute Gasteiger partial charge is 0.484 e. The van der Waals surface area contributed by atoms with Crippen LogP contribution >= 0.6 is 58.2 Å². The molecule has 0 spiro atoms. The molecular weight excluding hydrogens is 502 g/mol. The number of para-hydroxylation sites is 1. The first-order valence-corrected chi connectivity index (χ1v) is 11.4. The average molecular weight is 518 g/mol. The van der Waals surface area contributed by atoms with Crippen LogP contribution in [0.25, 0.3) is 0 Å². The maximum atomic E-state index is 12.4. The van der Waals surface area contributed by atoms with Crippen molar-refractivity contribution in [1.82, 2.24) is 14.8 Å². The van der Waals surface area contributed by atoms with Gasteiger partial charge < -0.3 is 10.1 Å². The van der Waals surface area contributed by atoms with Gasteiger partial charge >= 0.3 is 0 Å². The summed E-state index contributed by atoms with van der Waals surface area (Å²) in [4.78, 5) is 12.4. The molecule has 11 heteroatoms. The van der Waals surface area contributed by atoms with Crippen molar-refractivity contribution in [3.05, 3.63) is 75.0 Å². The van der Waals surface area contributed by atoms with Gasteiger partial charge in [0.2, 0.25) is 5.91 Å². The summed E-state index contributed by atoms with van der Waals surface area (Å²) in [5.41, 5.74) is 0.372. The van der Waals surface area contributed by atoms with E-state index >= 15 is 0 Å². The Labute approximate surface area is 203 Å². The Morgan fingerprint density at radius 1 is 1.13 bits per heavy atom. The molecule has 0 saturated carbocycles. The zero-order chi connectivity index (χ0) is 22.4. The van der Waals surface area contributed by atoms with Gasteiger partial charge in [-0.05, 0) is 24.3 Å². The topological polar surface area (TPSA) is 69.0 Å². The Hall–Kier alpha value is -1.90. The van der Waals surface area contributed by atoms with E-state index in [-0.39, 0.29) is 18.3 Å². The molecule has 0 saturated heterocycles. The lowest BCUT2D eigenvalue weighted by Crippen LogP contribution is -2.15. The van der Waals surface area contributed by atoms with Crippen molar-refractivity contribution in [2.24, 2.45) is 0 Å². The van der Waals surface area contributed by atoms with Crippen molar-refractivity contribution in [1.29, 1.82) is 0 Å². The molecular formula is C20H16Cl4N4O2S. The van der Waals surface area contributed by atoms with Gasteiger partial charge in [-0.25, -0.2) is 0 Å². The van der Waals surface area contributed by atoms with Gasteiger partial charge in [-0.1, -0.05) is 70.3 Å². The van der Waals surface area contributed by atoms with E-state index in [0.717, 1.165) is 0 Å². The third-order valence-electron chi connectivity index (χ3n) is 3.91. The van der Waals surface area contributed by atoms with Gasteiger partial charge in [0.15, 0.2) is 11.0 Å². The number of rotatable bonds is 9. The van der Waals surface area contributed by atoms with Crippen LogP contribution < -0.4 is 10.1 Å². The van der Waals surface area contributed by atoms with E-state index in [4.69, 9.17) is 51.1 Å². The number of hydrogen-bond donors (Lipinski definition) is 1. The highest BCUT2D eigenvalue weighted by atomic mass is 35.5. The van der Waals surface area contributed by atoms with E-state index < -0.39 is 0 Å². The summed E-state index contributed by atoms with van der Waals surface area (Å²) < 4.78 is 7.54. The minimum atomic E-state index is -0.281. The number of amides is 1. The molecule has 6 nitrogen and oxygen atoms in total. The molecule has 1 aromatic heterocycles. The van der Waals surface area contributed by atoms with E-state index in [1.54, 1.807) is 47.0 Å². The molecule has 31 heavy (non-hydrogen) atoms. The molecule has 1 heterocycles. The molecule has 0 bridgehead atoms. The molecule has 1 N–H and O–H groups in total. The molecule has 162 valence electrons. The van der Waals surface area contributed by atoms with E-state index in [9.17, 15) is 4.79 Å². The summed E-state index contributed by atoms with van der Waals surface area (Å²) in [6.07, 6.45) is 1.70. The summed E-state index contributed by atoms with van der Waals surface area (Å²) >= 11 is 25.5. The normalized spacial score (nSPS) is 10.7. The fourth-order valence-electron chi connectivity index (χ4n) is 2.50. The number of aromatic nitrogens is 3. The summed E-state index contributed by atoms with van der Waals surface area (Å²) in [6, 6.07) is 9.95. The number of hydrogen-bond acceptors (Lipinski definition) is 5. The predicted octanol–water partition coefficient (Wildman–Crippen LogP) is 6.39. The lowest BCUT2D eigenvalue weighted by molar-refractivity contribution is -0.113. The molecule has 0 fully saturated rings. The molecule has 0 aliphatic carbocycles. The van der Waals surface area contributed by atoms with Gasteiger partial charge in [0, 0.05) is 17.6 Å². The molecule has 1 amide bonds. The van der Waals surface area contributed by atoms with Crippen LogP contribution in [0.1, 0.15) is 5.82 Å². The van der Waals surface area contributed by atoms with Crippen LogP contribution in [0.4, 0.5) is 5.69 Å². The van der Waals surface area contributed by atoms with E-state index in [1.807, 2.05) is 0 Å². The highest BCUT2D eigenvalue weighted by Gasteiger charge is 2.16. The number of nitrogens with one attached hydrogen (secondary N) is 1. The molecule has 0 radical (unpaired) electrons. The van der Waals surface area contributed by atoms with Gasteiger partial charge in [0.1, 0.15) is 12.4 Å². The first-order valence-electron chi connectivity index (χ1n) is 8.86. The lowest BCUT2D eigenvalue weighted by atomic mass is 10.3. The molecule has 0 unspecified atom stereocenters. The van der Waals surface area contributed by atoms with Gasteiger partial charge in [0.25, 0.3) is 0 Å². The standard InChI is InChI=1S/C20H16Cl4N4O2S/c1-2-8-28-17(10-30-16-9-12(21)6-7-13(16)22)26-27-20(28)31-11-18(29)25-19-14(23)4-3-5-15(19)24/h2-7,9H,1,8,10-11H2,(H,25,29). The third-order valence-corrected chi connectivity index (χ3v) is 6.06. The number of carbonyl (C=O) groups is 1. The number of carbonyl (C=O) groups excluding carboxylic acids is 1. The van der Waals surface area contributed by atoms with Crippen LogP contribution in [0.5, 0.6) is 5.75 Å². The number of thioether (sulfide) groups is 1. The zero-order valence-corrected chi connectivity index (χ0v) is 19.8. The summed E-state index contributed by atoms with van der Waals surface area (Å²) in [5, 5.41) is 13.2. The molecule has 0 atom stereocenters. The smallest absolute Gasteiger partial charge is 0.234 e. The average Bonchev–Trinajstić information content (AvgIpc) is 3.12. The highest BCUT2D eigenvalue weighted by Crippen LogP contribution is 2.31. The van der Waals surface area contributed by atoms with E-state index in [1.165, 1.54) is 11.8 Å². The Balaban J connectivity index is 1.66. The first-order chi connectivity index (χ1) is 14.9. The molecule has 0 aliphatic rings. The maximum absolute atomic E-state index is 12.4. The second kappa shape index (κ2) is 11.1. The molecule has 3 aromatic rings. The second-order valence-corrected chi connectivity index (χ2v) is 8.70. The van der Waals surface area contributed by atoms with Gasteiger partial charge in [-0.15, -0.1) is 16.8 Å². The SMILES string of the molecule is C=CCn1c(COc2cc(Cl)ccc2Cl)nnc1SCC(=O)Nc1c(Cl)cccc1Cl. The molecule has 3 rings (SSSR count). The number of anilines is 1. The van der Waals surface area contributed by atoms with Crippen molar-refractivity contribution < 1.29 is 9.53 Å². The predicted molar refractivity (Wildman–Crippen MR) is 127 cm³/mol. The fraction of sp³-hybridized carbons (Fsp3) is 0.150. The van der Waals surface area contributed by atoms with Crippen LogP contribution in [0.15, 0.2) is 54.2 Å². The van der Waals surface area contributed by atoms with Crippen molar-refractivity contribution in [2.75, 3.05) is 11.1 Å². The molecule has 0 aliphatic heterocycles. The Bertz CT molecular complexity index is 1090. The number of nitrogens with zero attached hydrogens (tertiary/aromatic N) is 3. The van der Waals surface area contributed by atoms with Crippen molar-refractivity contribution >= 4 is 69.8 Å². The van der Waals surface area contributed by atoms with Crippen LogP contribution in [0.3, 0.4) is 0 Å². The van der Waals surface area contributed by atoms with Gasteiger partial charge in [-0.2, -0.15) is 0 Å². The lowest BCUT2D eigenvalue weighted by Gasteiger charge is -2.11.